The Balaban J connectivity index is 1.81. The molecule has 1 aliphatic rings. The average Bonchev–Trinajstić information content (AvgIpc) is 2.78. The molecule has 1 saturated carbocycles. The Morgan fingerprint density at radius 2 is 1.97 bits per heavy atom. The van der Waals surface area contributed by atoms with E-state index in [4.69, 9.17) is 0 Å². The molecule has 2 atom stereocenters. The number of benzene rings is 1. The number of nitrogens with zero attached hydrogens (tertiary/aromatic N) is 3. The van der Waals surface area contributed by atoms with Crippen molar-refractivity contribution in [3.63, 3.8) is 0 Å². The van der Waals surface area contributed by atoms with Crippen LogP contribution in [0.1, 0.15) is 68.7 Å². The third-order valence-corrected chi connectivity index (χ3v) is 8.07. The summed E-state index contributed by atoms with van der Waals surface area (Å²) in [6, 6.07) is 4.33. The van der Waals surface area contributed by atoms with Crippen LogP contribution >= 0.6 is 0 Å². The number of hydrogen-bond acceptors (Lipinski definition) is 7. The first-order chi connectivity index (χ1) is 17.3. The quantitative estimate of drug-likeness (QED) is 0.346. The monoisotopic (exact) mass is 541 g/mol. The van der Waals surface area contributed by atoms with Crippen LogP contribution in [-0.4, -0.2) is 48.9 Å². The highest BCUT2D eigenvalue weighted by atomic mass is 32.2. The maximum Gasteiger partial charge on any atom is 0.419 e. The standard InChI is InChI=1S/C25H34F3N5O3S/c1-5-18(7-6-16(3)34)23-21(25(26,27)28)14-30-24(32-23)31-22-9-8-20(10-15(22)2)37(35,36)33-19-11-17(12-19)13-29-4/h8-10,13-14,16-19,33-34H,5-7,11-12H2,1-4H3,(H,30,31,32)/b29-13+/t16-,17?,18-,19?/m1/s1. The van der Waals surface area contributed by atoms with Crippen molar-refractivity contribution < 1.29 is 26.7 Å². The molecule has 3 N–H and O–H groups in total. The molecule has 0 spiro atoms. The Bertz CT molecular complexity index is 1210. The van der Waals surface area contributed by atoms with Gasteiger partial charge in [-0.2, -0.15) is 13.2 Å². The number of rotatable bonds is 11. The second-order valence-electron chi connectivity index (χ2n) is 9.58. The molecule has 37 heavy (non-hydrogen) atoms. The fourth-order valence-electron chi connectivity index (χ4n) is 4.40. The predicted molar refractivity (Wildman–Crippen MR) is 137 cm³/mol. The minimum absolute atomic E-state index is 0.0200. The molecule has 0 saturated heterocycles. The van der Waals surface area contributed by atoms with Crippen molar-refractivity contribution in [1.29, 1.82) is 0 Å². The Morgan fingerprint density at radius 1 is 1.27 bits per heavy atom. The summed E-state index contributed by atoms with van der Waals surface area (Å²) in [5.41, 5.74) is 0.0209. The van der Waals surface area contributed by atoms with Gasteiger partial charge in [0.05, 0.1) is 22.3 Å². The van der Waals surface area contributed by atoms with Crippen molar-refractivity contribution in [2.75, 3.05) is 12.4 Å². The van der Waals surface area contributed by atoms with E-state index in [-0.39, 0.29) is 28.5 Å². The van der Waals surface area contributed by atoms with E-state index in [0.717, 1.165) is 6.20 Å². The van der Waals surface area contributed by atoms with E-state index in [2.05, 4.69) is 25.0 Å². The van der Waals surface area contributed by atoms with E-state index < -0.39 is 33.8 Å². The van der Waals surface area contributed by atoms with Crippen LogP contribution in [0.5, 0.6) is 0 Å². The molecule has 1 aromatic heterocycles. The summed E-state index contributed by atoms with van der Waals surface area (Å²) in [5, 5.41) is 12.5. The molecule has 0 amide bonds. The van der Waals surface area contributed by atoms with E-state index in [9.17, 15) is 26.7 Å². The lowest BCUT2D eigenvalue weighted by Crippen LogP contribution is -2.44. The summed E-state index contributed by atoms with van der Waals surface area (Å²) in [4.78, 5) is 12.2. The molecule has 8 nitrogen and oxygen atoms in total. The molecule has 0 radical (unpaired) electrons. The number of sulfonamides is 1. The van der Waals surface area contributed by atoms with Crippen LogP contribution in [0.15, 0.2) is 34.3 Å². The number of aromatic nitrogens is 2. The van der Waals surface area contributed by atoms with E-state index >= 15 is 0 Å². The molecule has 0 bridgehead atoms. The molecule has 1 aromatic carbocycles. The Kier molecular flexibility index (Phi) is 9.30. The zero-order valence-electron chi connectivity index (χ0n) is 21.4. The van der Waals surface area contributed by atoms with Gasteiger partial charge in [0.1, 0.15) is 0 Å². The third kappa shape index (κ3) is 7.48. The normalized spacial score (nSPS) is 20.0. The topological polar surface area (TPSA) is 117 Å². The number of aliphatic imine (C=N–C) groups is 1. The van der Waals surface area contributed by atoms with Gasteiger partial charge < -0.3 is 15.4 Å². The summed E-state index contributed by atoms with van der Waals surface area (Å²) < 4.78 is 69.4. The van der Waals surface area contributed by atoms with Gasteiger partial charge in [-0.15, -0.1) is 0 Å². The predicted octanol–water partition coefficient (Wildman–Crippen LogP) is 4.96. The van der Waals surface area contributed by atoms with Gasteiger partial charge in [-0.05, 0) is 75.6 Å². The van der Waals surface area contributed by atoms with Gasteiger partial charge in [-0.1, -0.05) is 6.92 Å². The Morgan fingerprint density at radius 3 is 2.54 bits per heavy atom. The number of nitrogens with one attached hydrogen (secondary N) is 2. The minimum Gasteiger partial charge on any atom is -0.393 e. The molecule has 1 aliphatic carbocycles. The summed E-state index contributed by atoms with van der Waals surface area (Å²) in [5.74, 6) is -0.253. The Hall–Kier alpha value is -2.57. The van der Waals surface area contributed by atoms with Crippen molar-refractivity contribution >= 4 is 27.9 Å². The first kappa shape index (κ1) is 29.0. The lowest BCUT2D eigenvalue weighted by Gasteiger charge is -2.33. The maximum atomic E-state index is 13.7. The number of alkyl halides is 3. The number of hydrogen-bond donors (Lipinski definition) is 3. The van der Waals surface area contributed by atoms with Gasteiger partial charge in [-0.3, -0.25) is 0 Å². The number of aryl methyl sites for hydroxylation is 1. The summed E-state index contributed by atoms with van der Waals surface area (Å²) in [6.45, 7) is 5.07. The van der Waals surface area contributed by atoms with Crippen LogP contribution in [0.2, 0.25) is 0 Å². The smallest absolute Gasteiger partial charge is 0.393 e. The van der Waals surface area contributed by atoms with Gasteiger partial charge in [-0.25, -0.2) is 23.1 Å². The molecular formula is C25H34F3N5O3S. The fraction of sp³-hybridized carbons (Fsp3) is 0.560. The number of aliphatic hydroxyl groups is 1. The van der Waals surface area contributed by atoms with Crippen LogP contribution < -0.4 is 10.0 Å². The lowest BCUT2D eigenvalue weighted by molar-refractivity contribution is -0.139. The summed E-state index contributed by atoms with van der Waals surface area (Å²) in [7, 11) is -2.04. The van der Waals surface area contributed by atoms with Gasteiger partial charge in [0.15, 0.2) is 0 Å². The highest BCUT2D eigenvalue weighted by Crippen LogP contribution is 2.37. The van der Waals surface area contributed by atoms with E-state index in [0.29, 0.717) is 43.4 Å². The van der Waals surface area contributed by atoms with E-state index in [1.807, 2.05) is 6.21 Å². The van der Waals surface area contributed by atoms with E-state index in [1.165, 1.54) is 12.1 Å². The third-order valence-electron chi connectivity index (χ3n) is 6.55. The van der Waals surface area contributed by atoms with Gasteiger partial charge in [0.25, 0.3) is 0 Å². The number of anilines is 2. The van der Waals surface area contributed by atoms with Crippen molar-refractivity contribution in [2.24, 2.45) is 10.9 Å². The second-order valence-corrected chi connectivity index (χ2v) is 11.3. The van der Waals surface area contributed by atoms with Crippen molar-refractivity contribution in [1.82, 2.24) is 14.7 Å². The van der Waals surface area contributed by atoms with Crippen LogP contribution in [0.4, 0.5) is 24.8 Å². The highest BCUT2D eigenvalue weighted by Gasteiger charge is 2.37. The largest absolute Gasteiger partial charge is 0.419 e. The molecule has 12 heteroatoms. The minimum atomic E-state index is -4.62. The number of halogens is 3. The van der Waals surface area contributed by atoms with Crippen LogP contribution in [0, 0.1) is 12.8 Å². The summed E-state index contributed by atoms with van der Waals surface area (Å²) >= 11 is 0. The molecule has 0 aliphatic heterocycles. The molecule has 2 aromatic rings. The highest BCUT2D eigenvalue weighted by molar-refractivity contribution is 7.89. The van der Waals surface area contributed by atoms with Gasteiger partial charge in [0.2, 0.25) is 16.0 Å². The van der Waals surface area contributed by atoms with E-state index in [1.54, 1.807) is 33.9 Å². The van der Waals surface area contributed by atoms with Crippen molar-refractivity contribution in [3.8, 4) is 0 Å². The van der Waals surface area contributed by atoms with Crippen LogP contribution in [0.25, 0.3) is 0 Å². The zero-order chi connectivity index (χ0) is 27.4. The average molecular weight is 542 g/mol. The molecular weight excluding hydrogens is 507 g/mol. The molecule has 0 unspecified atom stereocenters. The zero-order valence-corrected chi connectivity index (χ0v) is 22.2. The number of aliphatic hydroxyl groups excluding tert-OH is 1. The van der Waals surface area contributed by atoms with Crippen molar-refractivity contribution in [3.05, 3.63) is 41.2 Å². The molecule has 3 rings (SSSR count). The fourth-order valence-corrected chi connectivity index (χ4v) is 5.75. The molecule has 1 heterocycles. The lowest BCUT2D eigenvalue weighted by atomic mass is 9.82. The second kappa shape index (κ2) is 11.9. The maximum absolute atomic E-state index is 13.7. The van der Waals surface area contributed by atoms with Gasteiger partial charge in [0, 0.05) is 37.1 Å². The first-order valence-electron chi connectivity index (χ1n) is 12.3. The van der Waals surface area contributed by atoms with Crippen molar-refractivity contribution in [2.45, 2.75) is 82.0 Å². The van der Waals surface area contributed by atoms with Crippen LogP contribution in [-0.2, 0) is 16.2 Å². The SMILES string of the molecule is CC[C@H](CC[C@@H](C)O)c1nc(Nc2ccc(S(=O)(=O)NC3CC(/C=N/C)C3)cc2C)ncc1C(F)(F)F. The summed E-state index contributed by atoms with van der Waals surface area (Å²) in [6.07, 6.45) is -0.170. The molecule has 1 fully saturated rings. The first-order valence-corrected chi connectivity index (χ1v) is 13.8. The Labute approximate surface area is 215 Å². The molecule has 204 valence electrons. The van der Waals surface area contributed by atoms with Crippen LogP contribution in [0.3, 0.4) is 0 Å². The van der Waals surface area contributed by atoms with Gasteiger partial charge >= 0.3 is 6.18 Å².